The van der Waals surface area contributed by atoms with Crippen LogP contribution in [0, 0.1) is 11.3 Å². The van der Waals surface area contributed by atoms with Crippen LogP contribution in [0.5, 0.6) is 0 Å². The fourth-order valence-corrected chi connectivity index (χ4v) is 6.27. The van der Waals surface area contributed by atoms with Crippen LogP contribution in [0.15, 0.2) is 18.5 Å². The highest BCUT2D eigenvalue weighted by molar-refractivity contribution is 5.65. The average Bonchev–Trinajstić information content (AvgIpc) is 3.35. The third-order valence-corrected chi connectivity index (χ3v) is 7.79. The lowest BCUT2D eigenvalue weighted by Gasteiger charge is -2.52. The number of aromatic nitrogens is 2. The van der Waals surface area contributed by atoms with Crippen LogP contribution < -0.4 is 4.90 Å². The number of nitrogens with zero attached hydrogens (tertiary/aromatic N) is 5. The van der Waals surface area contributed by atoms with Crippen LogP contribution in [-0.2, 0) is 0 Å². The van der Waals surface area contributed by atoms with Crippen LogP contribution in [-0.4, -0.2) is 75.8 Å². The number of carboxylic acid groups (broad SMARTS) is 1. The van der Waals surface area contributed by atoms with E-state index in [4.69, 9.17) is 0 Å². The maximum Gasteiger partial charge on any atom is 0.407 e. The van der Waals surface area contributed by atoms with E-state index < -0.39 is 6.09 Å². The molecule has 0 radical (unpaired) electrons. The third-order valence-electron chi connectivity index (χ3n) is 7.79. The predicted molar refractivity (Wildman–Crippen MR) is 106 cm³/mol. The van der Waals surface area contributed by atoms with Gasteiger partial charge < -0.3 is 19.8 Å². The Bertz CT molecular complexity index is 700. The van der Waals surface area contributed by atoms with Crippen molar-refractivity contribution in [3.8, 4) is 0 Å². The Kier molecular flexibility index (Phi) is 4.65. The molecule has 1 aromatic heterocycles. The zero-order valence-corrected chi connectivity index (χ0v) is 16.5. The first-order valence-corrected chi connectivity index (χ1v) is 10.9. The van der Waals surface area contributed by atoms with Crippen molar-refractivity contribution in [1.82, 2.24) is 19.8 Å². The molecule has 1 saturated carbocycles. The summed E-state index contributed by atoms with van der Waals surface area (Å²) in [6.07, 6.45) is 11.4. The van der Waals surface area contributed by atoms with Gasteiger partial charge in [0.05, 0.1) is 0 Å². The van der Waals surface area contributed by atoms with Crippen molar-refractivity contribution in [3.63, 3.8) is 0 Å². The van der Waals surface area contributed by atoms with E-state index in [9.17, 15) is 9.90 Å². The maximum absolute atomic E-state index is 11.2. The summed E-state index contributed by atoms with van der Waals surface area (Å²) in [7, 11) is 0. The first kappa shape index (κ1) is 18.2. The van der Waals surface area contributed by atoms with Crippen LogP contribution >= 0.6 is 0 Å². The van der Waals surface area contributed by atoms with E-state index in [0.717, 1.165) is 37.9 Å². The fraction of sp³-hybridized carbons (Fsp3) is 0.762. The maximum atomic E-state index is 11.2. The van der Waals surface area contributed by atoms with Crippen LogP contribution in [0.3, 0.4) is 0 Å². The molecule has 1 amide bonds. The van der Waals surface area contributed by atoms with E-state index in [1.807, 2.05) is 18.5 Å². The summed E-state index contributed by atoms with van der Waals surface area (Å²) >= 11 is 0. The molecule has 1 N–H and O–H groups in total. The van der Waals surface area contributed by atoms with E-state index in [0.29, 0.717) is 12.1 Å². The summed E-state index contributed by atoms with van der Waals surface area (Å²) in [6, 6.07) is 3.15. The van der Waals surface area contributed by atoms with Gasteiger partial charge in [-0.15, -0.1) is 0 Å². The topological polar surface area (TPSA) is 72.8 Å². The van der Waals surface area contributed by atoms with Gasteiger partial charge in [0.25, 0.3) is 0 Å². The number of piperidine rings is 1. The Hall–Kier alpha value is -1.89. The summed E-state index contributed by atoms with van der Waals surface area (Å²) in [5, 5.41) is 9.22. The van der Waals surface area contributed by atoms with Crippen molar-refractivity contribution in [2.45, 2.75) is 57.0 Å². The molecule has 4 heterocycles. The molecule has 4 aliphatic rings. The molecule has 3 saturated heterocycles. The van der Waals surface area contributed by atoms with Gasteiger partial charge in [-0.3, -0.25) is 0 Å². The zero-order chi connectivity index (χ0) is 19.1. The van der Waals surface area contributed by atoms with Gasteiger partial charge in [0.2, 0.25) is 5.95 Å². The van der Waals surface area contributed by atoms with E-state index in [1.165, 1.54) is 51.6 Å². The molecule has 0 aromatic carbocycles. The number of amides is 1. The zero-order valence-electron chi connectivity index (χ0n) is 16.5. The molecule has 1 atom stereocenters. The van der Waals surface area contributed by atoms with Gasteiger partial charge in [-0.25, -0.2) is 14.8 Å². The van der Waals surface area contributed by atoms with Crippen molar-refractivity contribution < 1.29 is 9.90 Å². The molecule has 28 heavy (non-hydrogen) atoms. The van der Waals surface area contributed by atoms with E-state index in [1.54, 1.807) is 4.90 Å². The highest BCUT2D eigenvalue weighted by Crippen LogP contribution is 2.50. The Morgan fingerprint density at radius 1 is 1.07 bits per heavy atom. The van der Waals surface area contributed by atoms with Gasteiger partial charge in [0.1, 0.15) is 0 Å². The minimum atomic E-state index is -0.746. The number of carbonyl (C=O) groups is 1. The van der Waals surface area contributed by atoms with Gasteiger partial charge >= 0.3 is 6.09 Å². The number of hydrogen-bond acceptors (Lipinski definition) is 5. The molecule has 0 unspecified atom stereocenters. The minimum absolute atomic E-state index is 0.285. The van der Waals surface area contributed by atoms with Crippen molar-refractivity contribution in [2.24, 2.45) is 11.3 Å². The van der Waals surface area contributed by atoms with E-state index >= 15 is 0 Å². The Morgan fingerprint density at radius 3 is 2.50 bits per heavy atom. The van der Waals surface area contributed by atoms with Crippen LogP contribution in [0.4, 0.5) is 10.7 Å². The number of hydrogen-bond donors (Lipinski definition) is 1. The molecular formula is C21H31N5O2. The first-order valence-electron chi connectivity index (χ1n) is 10.9. The Labute approximate surface area is 166 Å². The third kappa shape index (κ3) is 3.23. The quantitative estimate of drug-likeness (QED) is 0.862. The normalized spacial score (nSPS) is 34.1. The first-order chi connectivity index (χ1) is 13.6. The summed E-state index contributed by atoms with van der Waals surface area (Å²) in [4.78, 5) is 26.9. The molecule has 3 aliphatic heterocycles. The highest BCUT2D eigenvalue weighted by Gasteiger charge is 2.51. The monoisotopic (exact) mass is 385 g/mol. The van der Waals surface area contributed by atoms with Gasteiger partial charge in [-0.1, -0.05) is 0 Å². The van der Waals surface area contributed by atoms with Crippen LogP contribution in [0.25, 0.3) is 0 Å². The van der Waals surface area contributed by atoms with Gasteiger partial charge in [0, 0.05) is 44.1 Å². The number of likely N-dealkylation sites (tertiary alicyclic amines) is 2. The van der Waals surface area contributed by atoms with Gasteiger partial charge in [-0.2, -0.15) is 0 Å². The lowest BCUT2D eigenvalue weighted by Crippen LogP contribution is -2.55. The van der Waals surface area contributed by atoms with Crippen molar-refractivity contribution in [1.29, 1.82) is 0 Å². The fourth-order valence-electron chi connectivity index (χ4n) is 6.27. The summed E-state index contributed by atoms with van der Waals surface area (Å²) in [6.45, 7) is 4.94. The molecule has 5 rings (SSSR count). The Balaban J connectivity index is 1.13. The Morgan fingerprint density at radius 2 is 1.82 bits per heavy atom. The molecule has 1 aromatic rings. The second-order valence-electron chi connectivity index (χ2n) is 9.34. The summed E-state index contributed by atoms with van der Waals surface area (Å²) in [5.41, 5.74) is 0.285. The minimum Gasteiger partial charge on any atom is -0.465 e. The van der Waals surface area contributed by atoms with Crippen molar-refractivity contribution in [3.05, 3.63) is 18.5 Å². The molecule has 152 valence electrons. The smallest absolute Gasteiger partial charge is 0.407 e. The largest absolute Gasteiger partial charge is 0.465 e. The average molecular weight is 386 g/mol. The molecule has 7 heteroatoms. The van der Waals surface area contributed by atoms with Gasteiger partial charge in [-0.05, 0) is 75.4 Å². The molecular weight excluding hydrogens is 354 g/mol. The standard InChI is InChI=1S/C21H31N5O2/c27-20(28)25-12-6-21(15-25)13-17(14-21)24-10-4-16(5-11-24)18-3-1-9-26(18)19-22-7-2-8-23-19/h2,7-8,16-18H,1,3-6,9-15H2,(H,27,28)/t17?,18-,21?/m0/s1. The molecule has 0 bridgehead atoms. The molecule has 1 aliphatic carbocycles. The summed E-state index contributed by atoms with van der Waals surface area (Å²) < 4.78 is 0. The summed E-state index contributed by atoms with van der Waals surface area (Å²) in [5.74, 6) is 1.64. The van der Waals surface area contributed by atoms with Gasteiger partial charge in [0.15, 0.2) is 0 Å². The lowest BCUT2D eigenvalue weighted by atomic mass is 9.64. The number of rotatable bonds is 3. The highest BCUT2D eigenvalue weighted by atomic mass is 16.4. The SMILES string of the molecule is O=C(O)N1CCC2(CC(N3CCC([C@@H]4CCCN4c4ncccn4)CC3)C2)C1. The van der Waals surface area contributed by atoms with E-state index in [-0.39, 0.29) is 5.41 Å². The molecule has 1 spiro atoms. The number of anilines is 1. The second kappa shape index (κ2) is 7.17. The molecule has 7 nitrogen and oxygen atoms in total. The van der Waals surface area contributed by atoms with Crippen molar-refractivity contribution in [2.75, 3.05) is 37.6 Å². The second-order valence-corrected chi connectivity index (χ2v) is 9.34. The van der Waals surface area contributed by atoms with Crippen LogP contribution in [0.2, 0.25) is 0 Å². The van der Waals surface area contributed by atoms with E-state index in [2.05, 4.69) is 19.8 Å². The predicted octanol–water partition coefficient (Wildman–Crippen LogP) is 2.69. The van der Waals surface area contributed by atoms with Crippen molar-refractivity contribution >= 4 is 12.0 Å². The molecule has 4 fully saturated rings. The van der Waals surface area contributed by atoms with Crippen LogP contribution in [0.1, 0.15) is 44.9 Å². The lowest BCUT2D eigenvalue weighted by molar-refractivity contribution is -0.0102.